The van der Waals surface area contributed by atoms with Crippen LogP contribution in [-0.2, 0) is 9.53 Å². The molecule has 2 aliphatic rings. The number of carbonyl (C=O) groups excluding carboxylic acids is 1. The molecule has 0 spiro atoms. The molecule has 0 aliphatic carbocycles. The lowest BCUT2D eigenvalue weighted by molar-refractivity contribution is -0.126. The van der Waals surface area contributed by atoms with Crippen molar-refractivity contribution in [3.63, 3.8) is 0 Å². The highest BCUT2D eigenvalue weighted by molar-refractivity contribution is 5.85. The van der Waals surface area contributed by atoms with E-state index in [1.165, 1.54) is 6.07 Å². The van der Waals surface area contributed by atoms with Crippen molar-refractivity contribution in [2.75, 3.05) is 37.7 Å². The summed E-state index contributed by atoms with van der Waals surface area (Å²) in [5, 5.41) is 6.30. The highest BCUT2D eigenvalue weighted by Crippen LogP contribution is 2.24. The zero-order valence-corrected chi connectivity index (χ0v) is 15.9. The lowest BCUT2D eigenvalue weighted by Gasteiger charge is -2.36. The fourth-order valence-corrected chi connectivity index (χ4v) is 3.32. The Labute approximate surface area is 160 Å². The molecule has 0 radical (unpaired) electrons. The van der Waals surface area contributed by atoms with E-state index < -0.39 is 0 Å². The molecule has 0 bridgehead atoms. The Bertz CT molecular complexity index is 571. The number of rotatable bonds is 3. The molecule has 0 saturated carbocycles. The normalized spacial score (nSPS) is 23.2. The molecule has 3 rings (SSSR count). The number of benzene rings is 1. The highest BCUT2D eigenvalue weighted by Gasteiger charge is 2.27. The third-order valence-electron chi connectivity index (χ3n) is 4.51. The van der Waals surface area contributed by atoms with Crippen LogP contribution in [0.5, 0.6) is 0 Å². The number of amides is 1. The van der Waals surface area contributed by atoms with Gasteiger partial charge in [0.1, 0.15) is 11.9 Å². The standard InChI is InChI=1S/C17H24FN3O2.2ClH/c1-12-9-13(18)4-5-16(12)21-7-2-3-14(10-21)20-17(22)15-11-23-8-6-19-15;;/h4-5,9,14-15,19H,2-3,6-8,10-11H2,1H3,(H,20,22);2*1H. The van der Waals surface area contributed by atoms with Gasteiger partial charge in [-0.05, 0) is 43.5 Å². The number of ether oxygens (including phenoxy) is 1. The van der Waals surface area contributed by atoms with Crippen LogP contribution in [0.3, 0.4) is 0 Å². The number of aryl methyl sites for hydroxylation is 1. The van der Waals surface area contributed by atoms with E-state index >= 15 is 0 Å². The van der Waals surface area contributed by atoms with Crippen LogP contribution in [0.1, 0.15) is 18.4 Å². The summed E-state index contributed by atoms with van der Waals surface area (Å²) in [5.74, 6) is -0.205. The van der Waals surface area contributed by atoms with Crippen LogP contribution < -0.4 is 15.5 Å². The molecule has 2 saturated heterocycles. The van der Waals surface area contributed by atoms with E-state index in [9.17, 15) is 9.18 Å². The van der Waals surface area contributed by atoms with Crippen molar-refractivity contribution in [3.8, 4) is 0 Å². The molecule has 1 aromatic rings. The van der Waals surface area contributed by atoms with E-state index in [1.807, 2.05) is 13.0 Å². The molecule has 2 fully saturated rings. The van der Waals surface area contributed by atoms with Gasteiger partial charge in [0.2, 0.25) is 5.91 Å². The first-order valence-corrected chi connectivity index (χ1v) is 8.26. The molecule has 8 heteroatoms. The lowest BCUT2D eigenvalue weighted by atomic mass is 10.0. The Morgan fingerprint density at radius 3 is 2.88 bits per heavy atom. The van der Waals surface area contributed by atoms with Gasteiger partial charge in [-0.2, -0.15) is 0 Å². The largest absolute Gasteiger partial charge is 0.378 e. The maximum absolute atomic E-state index is 13.3. The van der Waals surface area contributed by atoms with Gasteiger partial charge in [0.15, 0.2) is 0 Å². The van der Waals surface area contributed by atoms with Crippen molar-refractivity contribution in [1.29, 1.82) is 0 Å². The molecule has 5 nitrogen and oxygen atoms in total. The van der Waals surface area contributed by atoms with Gasteiger partial charge in [-0.25, -0.2) is 4.39 Å². The van der Waals surface area contributed by atoms with Gasteiger partial charge in [-0.3, -0.25) is 4.79 Å². The minimum atomic E-state index is -0.258. The molecule has 2 atom stereocenters. The molecule has 25 heavy (non-hydrogen) atoms. The smallest absolute Gasteiger partial charge is 0.239 e. The number of halogens is 3. The van der Waals surface area contributed by atoms with E-state index in [0.717, 1.165) is 37.2 Å². The predicted molar refractivity (Wildman–Crippen MR) is 102 cm³/mol. The topological polar surface area (TPSA) is 53.6 Å². The molecule has 1 aromatic carbocycles. The second-order valence-corrected chi connectivity index (χ2v) is 6.31. The van der Waals surface area contributed by atoms with Crippen LogP contribution in [0.2, 0.25) is 0 Å². The van der Waals surface area contributed by atoms with Gasteiger partial charge in [0.05, 0.1) is 13.2 Å². The first-order chi connectivity index (χ1) is 11.1. The van der Waals surface area contributed by atoms with Crippen molar-refractivity contribution < 1.29 is 13.9 Å². The van der Waals surface area contributed by atoms with Gasteiger partial charge >= 0.3 is 0 Å². The fourth-order valence-electron chi connectivity index (χ4n) is 3.32. The van der Waals surface area contributed by atoms with Gasteiger partial charge in [0, 0.05) is 31.4 Å². The predicted octanol–water partition coefficient (Wildman–Crippen LogP) is 2.05. The quantitative estimate of drug-likeness (QED) is 0.824. The first kappa shape index (κ1) is 22.0. The lowest BCUT2D eigenvalue weighted by Crippen LogP contribution is -2.56. The first-order valence-electron chi connectivity index (χ1n) is 8.26. The molecule has 2 N–H and O–H groups in total. The summed E-state index contributed by atoms with van der Waals surface area (Å²) in [6.45, 7) is 5.41. The molecular weight excluding hydrogens is 368 g/mol. The van der Waals surface area contributed by atoms with Crippen LogP contribution in [0, 0.1) is 12.7 Å². The van der Waals surface area contributed by atoms with E-state index in [0.29, 0.717) is 19.8 Å². The third-order valence-corrected chi connectivity index (χ3v) is 4.51. The van der Waals surface area contributed by atoms with Crippen LogP contribution in [0.25, 0.3) is 0 Å². The summed E-state index contributed by atoms with van der Waals surface area (Å²) in [6.07, 6.45) is 1.98. The average molecular weight is 394 g/mol. The zero-order valence-electron chi connectivity index (χ0n) is 14.3. The van der Waals surface area contributed by atoms with Crippen LogP contribution in [-0.4, -0.2) is 50.8 Å². The number of nitrogens with one attached hydrogen (secondary N) is 2. The van der Waals surface area contributed by atoms with Gasteiger partial charge in [-0.1, -0.05) is 0 Å². The zero-order chi connectivity index (χ0) is 16.2. The third kappa shape index (κ3) is 5.71. The van der Waals surface area contributed by atoms with Gasteiger partial charge in [0.25, 0.3) is 0 Å². The Kier molecular flexibility index (Phi) is 8.93. The molecule has 2 unspecified atom stereocenters. The van der Waals surface area contributed by atoms with Crippen molar-refractivity contribution >= 4 is 36.4 Å². The summed E-state index contributed by atoms with van der Waals surface area (Å²) >= 11 is 0. The second kappa shape index (κ2) is 10.2. The van der Waals surface area contributed by atoms with E-state index in [2.05, 4.69) is 15.5 Å². The number of carbonyl (C=O) groups is 1. The van der Waals surface area contributed by atoms with E-state index in [1.54, 1.807) is 6.07 Å². The average Bonchev–Trinajstić information content (AvgIpc) is 2.56. The van der Waals surface area contributed by atoms with Crippen molar-refractivity contribution in [2.45, 2.75) is 31.8 Å². The number of hydrogen-bond donors (Lipinski definition) is 2. The van der Waals surface area contributed by atoms with Crippen LogP contribution in [0.15, 0.2) is 18.2 Å². The van der Waals surface area contributed by atoms with Gasteiger partial charge in [-0.15, -0.1) is 24.8 Å². The summed E-state index contributed by atoms with van der Waals surface area (Å²) in [7, 11) is 0. The van der Waals surface area contributed by atoms with Crippen molar-refractivity contribution in [2.24, 2.45) is 0 Å². The monoisotopic (exact) mass is 393 g/mol. The fraction of sp³-hybridized carbons (Fsp3) is 0.588. The Morgan fingerprint density at radius 1 is 1.40 bits per heavy atom. The molecular formula is C17H26Cl2FN3O2. The number of hydrogen-bond acceptors (Lipinski definition) is 4. The Balaban J connectivity index is 0.00000156. The van der Waals surface area contributed by atoms with E-state index in [-0.39, 0.29) is 48.6 Å². The number of anilines is 1. The second-order valence-electron chi connectivity index (χ2n) is 6.31. The number of morpholine rings is 1. The molecule has 142 valence electrons. The maximum Gasteiger partial charge on any atom is 0.239 e. The maximum atomic E-state index is 13.3. The van der Waals surface area contributed by atoms with Gasteiger partial charge < -0.3 is 20.3 Å². The summed E-state index contributed by atoms with van der Waals surface area (Å²) in [6, 6.07) is 4.73. The minimum absolute atomic E-state index is 0. The summed E-state index contributed by atoms with van der Waals surface area (Å²) in [4.78, 5) is 14.5. The number of nitrogens with zero attached hydrogens (tertiary/aromatic N) is 1. The highest BCUT2D eigenvalue weighted by atomic mass is 35.5. The molecule has 0 aromatic heterocycles. The number of piperidine rings is 1. The Hall–Kier alpha value is -1.08. The summed E-state index contributed by atoms with van der Waals surface area (Å²) in [5.41, 5.74) is 1.98. The van der Waals surface area contributed by atoms with Crippen LogP contribution in [0.4, 0.5) is 10.1 Å². The Morgan fingerprint density at radius 2 is 2.20 bits per heavy atom. The SMILES string of the molecule is Cc1cc(F)ccc1N1CCCC(NC(=O)C2COCCN2)C1.Cl.Cl. The van der Waals surface area contributed by atoms with Crippen molar-refractivity contribution in [1.82, 2.24) is 10.6 Å². The van der Waals surface area contributed by atoms with E-state index in [4.69, 9.17) is 4.74 Å². The van der Waals surface area contributed by atoms with Crippen LogP contribution >= 0.6 is 24.8 Å². The molecule has 1 amide bonds. The minimum Gasteiger partial charge on any atom is -0.378 e. The molecule has 2 aliphatic heterocycles. The molecule has 2 heterocycles. The summed E-state index contributed by atoms with van der Waals surface area (Å²) < 4.78 is 18.6. The van der Waals surface area contributed by atoms with Crippen molar-refractivity contribution in [3.05, 3.63) is 29.6 Å².